The lowest BCUT2D eigenvalue weighted by Crippen LogP contribution is -2.29. The number of carbonyl (C=O) groups is 2. The Labute approximate surface area is 222 Å². The van der Waals surface area contributed by atoms with Crippen LogP contribution < -0.4 is 9.62 Å². The molecule has 1 aromatic heterocycles. The van der Waals surface area contributed by atoms with Crippen molar-refractivity contribution >= 4 is 65.9 Å². The fourth-order valence-electron chi connectivity index (χ4n) is 4.30. The number of hydrogen-bond donors (Lipinski definition) is 1. The largest absolute Gasteiger partial charge is 0.452 e. The molecule has 1 amide bonds. The third kappa shape index (κ3) is 4.92. The van der Waals surface area contributed by atoms with Crippen LogP contribution in [0.2, 0.25) is 5.02 Å². The predicted molar refractivity (Wildman–Crippen MR) is 144 cm³/mol. The van der Waals surface area contributed by atoms with Gasteiger partial charge in [0.05, 0.1) is 26.5 Å². The minimum atomic E-state index is -4.02. The third-order valence-corrected chi connectivity index (χ3v) is 9.20. The highest BCUT2D eigenvalue weighted by Crippen LogP contribution is 2.35. The van der Waals surface area contributed by atoms with Crippen molar-refractivity contribution in [3.8, 4) is 0 Å². The Morgan fingerprint density at radius 1 is 1.14 bits per heavy atom. The van der Waals surface area contributed by atoms with Crippen molar-refractivity contribution < 1.29 is 22.7 Å². The molecule has 37 heavy (non-hydrogen) atoms. The number of rotatable bonds is 6. The van der Waals surface area contributed by atoms with Crippen LogP contribution in [0, 0.1) is 13.8 Å². The van der Waals surface area contributed by atoms with E-state index in [4.69, 9.17) is 16.3 Å². The fourth-order valence-corrected chi connectivity index (χ4v) is 7.36. The standard InChI is InChI=1S/C26H22ClN3O5S2/c1-15-11-16(2)24-21(12-15)36-26(29-24)28-23(31)14-35-25(32)18-7-8-19(27)22(13-18)37(33,34)30-10-9-17-5-3-4-6-20(17)30/h3-8,11-13H,9-10,14H2,1-2H3,(H,28,29,31). The summed E-state index contributed by atoms with van der Waals surface area (Å²) in [7, 11) is -4.02. The molecule has 8 nitrogen and oxygen atoms in total. The molecule has 1 N–H and O–H groups in total. The summed E-state index contributed by atoms with van der Waals surface area (Å²) in [5.74, 6) is -1.40. The zero-order valence-electron chi connectivity index (χ0n) is 19.9. The van der Waals surface area contributed by atoms with E-state index in [9.17, 15) is 18.0 Å². The summed E-state index contributed by atoms with van der Waals surface area (Å²) in [5, 5.41) is 3.03. The molecule has 0 aliphatic carbocycles. The highest BCUT2D eigenvalue weighted by Gasteiger charge is 2.32. The second-order valence-corrected chi connectivity index (χ2v) is 11.9. The Hall–Kier alpha value is -3.47. The maximum absolute atomic E-state index is 13.4. The van der Waals surface area contributed by atoms with Gasteiger partial charge in [0.2, 0.25) is 0 Å². The van der Waals surface area contributed by atoms with Gasteiger partial charge in [-0.05, 0) is 67.3 Å². The lowest BCUT2D eigenvalue weighted by molar-refractivity contribution is -0.119. The zero-order chi connectivity index (χ0) is 26.3. The molecule has 2 heterocycles. The molecular formula is C26H22ClN3O5S2. The van der Waals surface area contributed by atoms with Crippen LogP contribution in [0.5, 0.6) is 0 Å². The van der Waals surface area contributed by atoms with E-state index in [0.717, 1.165) is 26.9 Å². The van der Waals surface area contributed by atoms with Crippen molar-refractivity contribution in [2.45, 2.75) is 25.2 Å². The smallest absolute Gasteiger partial charge is 0.338 e. The van der Waals surface area contributed by atoms with Gasteiger partial charge in [-0.3, -0.25) is 14.4 Å². The molecule has 0 radical (unpaired) electrons. The van der Waals surface area contributed by atoms with Crippen LogP contribution in [0.25, 0.3) is 10.2 Å². The Bertz CT molecular complexity index is 1670. The number of sulfonamides is 1. The minimum absolute atomic E-state index is 0.0139. The molecule has 0 bridgehead atoms. The molecule has 0 fully saturated rings. The summed E-state index contributed by atoms with van der Waals surface area (Å²) in [4.78, 5) is 29.3. The van der Waals surface area contributed by atoms with Gasteiger partial charge in [0.1, 0.15) is 4.90 Å². The Morgan fingerprint density at radius 3 is 2.73 bits per heavy atom. The second-order valence-electron chi connectivity index (χ2n) is 8.67. The Kier molecular flexibility index (Phi) is 6.65. The average molecular weight is 556 g/mol. The van der Waals surface area contributed by atoms with Gasteiger partial charge in [0, 0.05) is 6.54 Å². The lowest BCUT2D eigenvalue weighted by Gasteiger charge is -2.20. The van der Waals surface area contributed by atoms with Crippen molar-refractivity contribution in [2.75, 3.05) is 22.8 Å². The van der Waals surface area contributed by atoms with E-state index >= 15 is 0 Å². The van der Waals surface area contributed by atoms with Gasteiger partial charge >= 0.3 is 5.97 Å². The van der Waals surface area contributed by atoms with Crippen molar-refractivity contribution in [2.24, 2.45) is 0 Å². The number of hydrogen-bond acceptors (Lipinski definition) is 7. The van der Waals surface area contributed by atoms with E-state index < -0.39 is 28.5 Å². The van der Waals surface area contributed by atoms with Crippen LogP contribution in [-0.4, -0.2) is 38.4 Å². The first-order valence-corrected chi connectivity index (χ1v) is 14.0. The molecule has 0 saturated heterocycles. The zero-order valence-corrected chi connectivity index (χ0v) is 22.3. The number of esters is 1. The number of fused-ring (bicyclic) bond motifs is 2. The fraction of sp³-hybridized carbons (Fsp3) is 0.192. The predicted octanol–water partition coefficient (Wildman–Crippen LogP) is 5.11. The monoisotopic (exact) mass is 555 g/mol. The third-order valence-electron chi connectivity index (χ3n) is 5.99. The summed E-state index contributed by atoms with van der Waals surface area (Å²) in [6, 6.07) is 15.1. The van der Waals surface area contributed by atoms with E-state index in [2.05, 4.69) is 10.3 Å². The van der Waals surface area contributed by atoms with Gasteiger partial charge in [-0.1, -0.05) is 47.2 Å². The molecule has 1 aliphatic rings. The van der Waals surface area contributed by atoms with Gasteiger partial charge in [0.15, 0.2) is 11.7 Å². The van der Waals surface area contributed by atoms with Gasteiger partial charge < -0.3 is 4.74 Å². The molecule has 0 atom stereocenters. The number of halogens is 1. The number of ether oxygens (including phenoxy) is 1. The second kappa shape index (κ2) is 9.77. The number of nitrogens with one attached hydrogen (secondary N) is 1. The first-order valence-electron chi connectivity index (χ1n) is 11.4. The molecule has 11 heteroatoms. The number of anilines is 2. The van der Waals surface area contributed by atoms with E-state index in [1.165, 1.54) is 33.8 Å². The van der Waals surface area contributed by atoms with Crippen molar-refractivity contribution in [1.82, 2.24) is 4.98 Å². The molecule has 3 aromatic carbocycles. The van der Waals surface area contributed by atoms with E-state index in [1.54, 1.807) is 12.1 Å². The molecule has 4 aromatic rings. The summed E-state index contributed by atoms with van der Waals surface area (Å²) in [6.45, 7) is 3.65. The van der Waals surface area contributed by atoms with E-state index in [1.807, 2.05) is 38.1 Å². The Morgan fingerprint density at radius 2 is 1.92 bits per heavy atom. The Balaban J connectivity index is 1.29. The van der Waals surface area contributed by atoms with E-state index in [0.29, 0.717) is 17.2 Å². The summed E-state index contributed by atoms with van der Waals surface area (Å²) in [6.07, 6.45) is 0.581. The number of nitrogens with zero attached hydrogens (tertiary/aromatic N) is 2. The first kappa shape index (κ1) is 25.2. The maximum atomic E-state index is 13.4. The first-order chi connectivity index (χ1) is 17.6. The molecule has 190 valence electrons. The van der Waals surface area contributed by atoms with Crippen LogP contribution in [0.15, 0.2) is 59.5 Å². The SMILES string of the molecule is Cc1cc(C)c2nc(NC(=O)COC(=O)c3ccc(Cl)c(S(=O)(=O)N4CCc5ccccc54)c3)sc2c1. The number of aryl methyl sites for hydroxylation is 2. The van der Waals surface area contributed by atoms with Crippen LogP contribution in [0.1, 0.15) is 27.0 Å². The molecular weight excluding hydrogens is 534 g/mol. The highest BCUT2D eigenvalue weighted by atomic mass is 35.5. The number of amides is 1. The van der Waals surface area contributed by atoms with Crippen LogP contribution in [0.3, 0.4) is 0 Å². The topological polar surface area (TPSA) is 106 Å². The average Bonchev–Trinajstić information content (AvgIpc) is 3.47. The number of benzene rings is 3. The quantitative estimate of drug-likeness (QED) is 0.331. The van der Waals surface area contributed by atoms with Gasteiger partial charge in [-0.25, -0.2) is 18.2 Å². The maximum Gasteiger partial charge on any atom is 0.338 e. The summed E-state index contributed by atoms with van der Waals surface area (Å²) in [5.41, 5.74) is 4.38. The van der Waals surface area contributed by atoms with Crippen molar-refractivity contribution in [3.05, 3.63) is 81.9 Å². The van der Waals surface area contributed by atoms with Crippen LogP contribution in [-0.2, 0) is 26.0 Å². The molecule has 0 unspecified atom stereocenters. The van der Waals surface area contributed by atoms with Crippen molar-refractivity contribution in [1.29, 1.82) is 0 Å². The number of carbonyl (C=O) groups excluding carboxylic acids is 2. The minimum Gasteiger partial charge on any atom is -0.452 e. The lowest BCUT2D eigenvalue weighted by atomic mass is 10.1. The van der Waals surface area contributed by atoms with Gasteiger partial charge in [0.25, 0.3) is 15.9 Å². The summed E-state index contributed by atoms with van der Waals surface area (Å²) < 4.78 is 34.2. The highest BCUT2D eigenvalue weighted by molar-refractivity contribution is 7.93. The van der Waals surface area contributed by atoms with Crippen molar-refractivity contribution in [3.63, 3.8) is 0 Å². The van der Waals surface area contributed by atoms with Gasteiger partial charge in [-0.2, -0.15) is 0 Å². The molecule has 0 saturated carbocycles. The number of para-hydroxylation sites is 1. The number of thiazole rings is 1. The molecule has 5 rings (SSSR count). The molecule has 0 spiro atoms. The van der Waals surface area contributed by atoms with Gasteiger partial charge in [-0.15, -0.1) is 0 Å². The summed E-state index contributed by atoms with van der Waals surface area (Å²) >= 11 is 7.56. The normalized spacial score (nSPS) is 13.0. The van der Waals surface area contributed by atoms with Crippen LogP contribution >= 0.6 is 22.9 Å². The van der Waals surface area contributed by atoms with Crippen LogP contribution in [0.4, 0.5) is 10.8 Å². The number of aromatic nitrogens is 1. The molecule has 1 aliphatic heterocycles. The van der Waals surface area contributed by atoms with E-state index in [-0.39, 0.29) is 22.0 Å².